The van der Waals surface area contributed by atoms with E-state index in [4.69, 9.17) is 19.4 Å². The molecule has 3 atom stereocenters. The smallest absolute Gasteiger partial charge is 0.319 e. The summed E-state index contributed by atoms with van der Waals surface area (Å²) in [6, 6.07) is 6.56. The molecular formula is C38H45F2N5O3. The van der Waals surface area contributed by atoms with Crippen LogP contribution in [0, 0.1) is 23.5 Å². The van der Waals surface area contributed by atoms with Crippen LogP contribution in [0.25, 0.3) is 32.9 Å². The highest BCUT2D eigenvalue weighted by Gasteiger charge is 2.50. The first-order chi connectivity index (χ1) is 23.3. The van der Waals surface area contributed by atoms with E-state index in [1.165, 1.54) is 25.0 Å². The van der Waals surface area contributed by atoms with E-state index in [1.54, 1.807) is 18.3 Å². The third-order valence-electron chi connectivity index (χ3n) is 11.2. The van der Waals surface area contributed by atoms with Gasteiger partial charge in [0.15, 0.2) is 5.82 Å². The van der Waals surface area contributed by atoms with Crippen LogP contribution in [0.3, 0.4) is 0 Å². The highest BCUT2D eigenvalue weighted by atomic mass is 19.1. The molecular weight excluding hydrogens is 612 g/mol. The molecule has 2 aromatic heterocycles. The molecule has 1 saturated carbocycles. The predicted octanol–water partition coefficient (Wildman–Crippen LogP) is 7.43. The van der Waals surface area contributed by atoms with Gasteiger partial charge >= 0.3 is 6.01 Å². The molecule has 4 aliphatic rings. The molecule has 3 aliphatic heterocycles. The second-order valence-corrected chi connectivity index (χ2v) is 14.7. The van der Waals surface area contributed by atoms with E-state index in [2.05, 4.69) is 21.7 Å². The first kappa shape index (κ1) is 31.6. The number of hydrogen-bond donors (Lipinski definition) is 1. The van der Waals surface area contributed by atoms with E-state index in [1.807, 2.05) is 6.92 Å². The van der Waals surface area contributed by atoms with Crippen LogP contribution < -0.4 is 9.64 Å². The number of fused-ring (bicyclic) bond motifs is 3. The van der Waals surface area contributed by atoms with Gasteiger partial charge in [-0.1, -0.05) is 19.9 Å². The summed E-state index contributed by atoms with van der Waals surface area (Å²) < 4.78 is 44.5. The summed E-state index contributed by atoms with van der Waals surface area (Å²) in [5, 5.41) is 12.3. The number of benzene rings is 2. The van der Waals surface area contributed by atoms with Crippen LogP contribution in [-0.4, -0.2) is 76.0 Å². The molecule has 0 spiro atoms. The molecule has 0 unspecified atom stereocenters. The average Bonchev–Trinajstić information content (AvgIpc) is 3.72. The highest BCUT2D eigenvalue weighted by Crippen LogP contribution is 2.44. The lowest BCUT2D eigenvalue weighted by molar-refractivity contribution is 0.0334. The Morgan fingerprint density at radius 3 is 2.71 bits per heavy atom. The van der Waals surface area contributed by atoms with Gasteiger partial charge in [-0.2, -0.15) is 9.97 Å². The van der Waals surface area contributed by atoms with Crippen LogP contribution in [0.15, 0.2) is 30.5 Å². The van der Waals surface area contributed by atoms with Crippen molar-refractivity contribution in [2.45, 2.75) is 83.2 Å². The van der Waals surface area contributed by atoms with Crippen molar-refractivity contribution in [2.75, 3.05) is 44.4 Å². The Morgan fingerprint density at radius 1 is 1.02 bits per heavy atom. The normalized spacial score (nSPS) is 24.5. The molecule has 3 saturated heterocycles. The number of aromatic nitrogens is 3. The molecule has 8 nitrogen and oxygen atoms in total. The summed E-state index contributed by atoms with van der Waals surface area (Å²) in [7, 11) is 0. The standard InChI is InChI=1S/C38H45F2N5O3/c1-3-28-31(39)10-9-25-16-27(46)17-29(32(25)28)34-33(40)35-30(18-41-34)36(44-14-4-6-23(2)19-44)43-37(42-35)48-22-38-12-5-15-45(38)26(11-13-38)21-47-20-24-7-8-24/h9-10,16-18,23-24,26,46H,3-8,11-15,19-22H2,1-2H3/t23-,26+,38+/m1/s1. The van der Waals surface area contributed by atoms with Crippen LogP contribution >= 0.6 is 0 Å². The third-order valence-corrected chi connectivity index (χ3v) is 11.2. The molecule has 5 heterocycles. The maximum atomic E-state index is 16.9. The van der Waals surface area contributed by atoms with E-state index in [0.717, 1.165) is 77.3 Å². The summed E-state index contributed by atoms with van der Waals surface area (Å²) in [5.41, 5.74) is 0.803. The third kappa shape index (κ3) is 5.74. The summed E-state index contributed by atoms with van der Waals surface area (Å²) in [6.45, 7) is 8.77. The van der Waals surface area contributed by atoms with Gasteiger partial charge in [-0.25, -0.2) is 8.78 Å². The zero-order chi connectivity index (χ0) is 33.0. The number of aryl methyl sites for hydroxylation is 1. The summed E-state index contributed by atoms with van der Waals surface area (Å²) >= 11 is 0. The summed E-state index contributed by atoms with van der Waals surface area (Å²) in [6.07, 6.45) is 11.0. The zero-order valence-corrected chi connectivity index (χ0v) is 28.0. The van der Waals surface area contributed by atoms with Crippen LogP contribution in [0.2, 0.25) is 0 Å². The van der Waals surface area contributed by atoms with Gasteiger partial charge in [0.1, 0.15) is 35.2 Å². The van der Waals surface area contributed by atoms with Crippen LogP contribution in [-0.2, 0) is 11.2 Å². The van der Waals surface area contributed by atoms with Gasteiger partial charge in [0.2, 0.25) is 0 Å². The highest BCUT2D eigenvalue weighted by molar-refractivity contribution is 6.01. The number of halogens is 2. The Balaban J connectivity index is 1.17. The molecule has 48 heavy (non-hydrogen) atoms. The van der Waals surface area contributed by atoms with Crippen molar-refractivity contribution in [1.82, 2.24) is 19.9 Å². The van der Waals surface area contributed by atoms with Crippen molar-refractivity contribution < 1.29 is 23.4 Å². The molecule has 254 valence electrons. The van der Waals surface area contributed by atoms with Gasteiger partial charge in [-0.05, 0) is 111 Å². The predicted molar refractivity (Wildman–Crippen MR) is 183 cm³/mol. The van der Waals surface area contributed by atoms with Gasteiger partial charge in [0.25, 0.3) is 0 Å². The lowest BCUT2D eigenvalue weighted by Crippen LogP contribution is -2.48. The molecule has 8 rings (SSSR count). The molecule has 4 fully saturated rings. The summed E-state index contributed by atoms with van der Waals surface area (Å²) in [5.74, 6) is 0.780. The quantitative estimate of drug-likeness (QED) is 0.189. The van der Waals surface area contributed by atoms with E-state index < -0.39 is 5.82 Å². The van der Waals surface area contributed by atoms with Crippen molar-refractivity contribution >= 4 is 27.5 Å². The Bertz CT molecular complexity index is 1850. The van der Waals surface area contributed by atoms with Gasteiger partial charge in [-0.3, -0.25) is 9.88 Å². The lowest BCUT2D eigenvalue weighted by Gasteiger charge is -2.35. The number of rotatable bonds is 10. The minimum atomic E-state index is -0.640. The number of phenolic OH excluding ortho intramolecular Hbond substituents is 1. The number of nitrogens with zero attached hydrogens (tertiary/aromatic N) is 5. The van der Waals surface area contributed by atoms with Gasteiger partial charge in [-0.15, -0.1) is 0 Å². The zero-order valence-electron chi connectivity index (χ0n) is 28.0. The fourth-order valence-corrected chi connectivity index (χ4v) is 8.57. The Kier molecular flexibility index (Phi) is 8.35. The second kappa shape index (κ2) is 12.7. The fourth-order valence-electron chi connectivity index (χ4n) is 8.57. The summed E-state index contributed by atoms with van der Waals surface area (Å²) in [4.78, 5) is 19.0. The largest absolute Gasteiger partial charge is 0.508 e. The van der Waals surface area contributed by atoms with E-state index >= 15 is 8.78 Å². The minimum absolute atomic E-state index is 0.0108. The number of hydrogen-bond acceptors (Lipinski definition) is 8. The maximum Gasteiger partial charge on any atom is 0.319 e. The number of pyridine rings is 1. The van der Waals surface area contributed by atoms with Crippen molar-refractivity contribution in [3.8, 4) is 23.0 Å². The average molecular weight is 658 g/mol. The number of ether oxygens (including phenoxy) is 2. The molecule has 1 aliphatic carbocycles. The molecule has 0 amide bonds. The van der Waals surface area contributed by atoms with Crippen molar-refractivity contribution in [2.24, 2.45) is 11.8 Å². The Labute approximate surface area is 280 Å². The van der Waals surface area contributed by atoms with Crippen molar-refractivity contribution in [1.29, 1.82) is 0 Å². The van der Waals surface area contributed by atoms with E-state index in [-0.39, 0.29) is 34.3 Å². The van der Waals surface area contributed by atoms with Crippen LogP contribution in [0.1, 0.15) is 70.8 Å². The first-order valence-electron chi connectivity index (χ1n) is 17.9. The number of aromatic hydroxyl groups is 1. The first-order valence-corrected chi connectivity index (χ1v) is 17.9. The number of phenols is 1. The lowest BCUT2D eigenvalue weighted by atomic mass is 9.94. The Morgan fingerprint density at radius 2 is 1.90 bits per heavy atom. The fraction of sp³-hybridized carbons (Fsp3) is 0.553. The molecule has 2 aromatic carbocycles. The van der Waals surface area contributed by atoms with Gasteiger partial charge in [0.05, 0.1) is 17.5 Å². The molecule has 4 aromatic rings. The van der Waals surface area contributed by atoms with E-state index in [9.17, 15) is 5.11 Å². The van der Waals surface area contributed by atoms with E-state index in [0.29, 0.717) is 58.1 Å². The maximum absolute atomic E-state index is 16.9. The SMILES string of the molecule is CCc1c(F)ccc2cc(O)cc(-c3ncc4c(N5CCC[C@@H](C)C5)nc(OC[C@@]56CCCN5[C@H](COCC5CC5)CC6)nc4c3F)c12. The molecule has 10 heteroatoms. The van der Waals surface area contributed by atoms with Crippen molar-refractivity contribution in [3.63, 3.8) is 0 Å². The number of piperidine rings is 1. The van der Waals surface area contributed by atoms with Gasteiger partial charge < -0.3 is 19.5 Å². The molecule has 1 N–H and O–H groups in total. The topological polar surface area (TPSA) is 83.8 Å². The monoisotopic (exact) mass is 657 g/mol. The van der Waals surface area contributed by atoms with Crippen LogP contribution in [0.5, 0.6) is 11.8 Å². The van der Waals surface area contributed by atoms with Gasteiger partial charge in [0, 0.05) is 37.5 Å². The second-order valence-electron chi connectivity index (χ2n) is 14.7. The molecule has 0 radical (unpaired) electrons. The van der Waals surface area contributed by atoms with Crippen LogP contribution in [0.4, 0.5) is 14.6 Å². The Hall–Kier alpha value is -3.63. The molecule has 0 bridgehead atoms. The van der Waals surface area contributed by atoms with Crippen molar-refractivity contribution in [3.05, 3.63) is 47.7 Å². The minimum Gasteiger partial charge on any atom is -0.508 e. The number of anilines is 1.